The highest BCUT2D eigenvalue weighted by atomic mass is 32.2. The van der Waals surface area contributed by atoms with E-state index in [0.717, 1.165) is 6.26 Å². The van der Waals surface area contributed by atoms with E-state index in [4.69, 9.17) is 9.16 Å². The van der Waals surface area contributed by atoms with E-state index in [0.29, 0.717) is 11.3 Å². The van der Waals surface area contributed by atoms with Crippen LogP contribution in [0.25, 0.3) is 0 Å². The third-order valence-corrected chi connectivity index (χ3v) is 4.72. The van der Waals surface area contributed by atoms with E-state index in [9.17, 15) is 13.2 Å². The maximum Gasteiger partial charge on any atom is 0.341 e. The topological polar surface area (TPSA) is 69.7 Å². The minimum absolute atomic E-state index is 0.170. The molecule has 118 valence electrons. The van der Waals surface area contributed by atoms with Crippen molar-refractivity contribution >= 4 is 24.1 Å². The van der Waals surface area contributed by atoms with Gasteiger partial charge in [-0.25, -0.2) is 13.2 Å². The van der Waals surface area contributed by atoms with Crippen LogP contribution in [0.4, 0.5) is 0 Å². The van der Waals surface area contributed by atoms with Crippen LogP contribution in [0, 0.1) is 6.92 Å². The smallest absolute Gasteiger partial charge is 0.341 e. The lowest BCUT2D eigenvalue weighted by Gasteiger charge is -2.24. The number of ether oxygens (including phenoxy) is 1. The molecule has 5 nitrogen and oxygen atoms in total. The minimum atomic E-state index is -3.38. The molecule has 0 N–H and O–H groups in total. The second-order valence-electron chi connectivity index (χ2n) is 5.77. The zero-order chi connectivity index (χ0) is 16.4. The van der Waals surface area contributed by atoms with E-state index in [2.05, 4.69) is 0 Å². The van der Waals surface area contributed by atoms with Crippen molar-refractivity contribution < 1.29 is 22.4 Å². The lowest BCUT2D eigenvalue weighted by Crippen LogP contribution is -2.31. The molecule has 21 heavy (non-hydrogen) atoms. The van der Waals surface area contributed by atoms with Crippen molar-refractivity contribution in [3.05, 3.63) is 23.3 Å². The third kappa shape index (κ3) is 4.57. The molecule has 0 spiro atoms. The van der Waals surface area contributed by atoms with Crippen LogP contribution in [0.3, 0.4) is 0 Å². The van der Waals surface area contributed by atoms with Gasteiger partial charge < -0.3 is 9.16 Å². The Morgan fingerprint density at radius 2 is 1.81 bits per heavy atom. The van der Waals surface area contributed by atoms with Gasteiger partial charge >= 0.3 is 5.97 Å². The van der Waals surface area contributed by atoms with Gasteiger partial charge in [0.15, 0.2) is 9.84 Å². The molecule has 1 aromatic carbocycles. The van der Waals surface area contributed by atoms with Gasteiger partial charge in [0.1, 0.15) is 11.3 Å². The van der Waals surface area contributed by atoms with Gasteiger partial charge in [0.05, 0.1) is 11.5 Å². The molecule has 0 heterocycles. The zero-order valence-electron chi connectivity index (χ0n) is 13.3. The van der Waals surface area contributed by atoms with Crippen molar-refractivity contribution in [2.24, 2.45) is 0 Å². The fraction of sp³-hybridized carbons (Fsp3) is 0.500. The SMILES string of the molecule is CCOC(=O)c1ccc(S(C)(=O)=O)c(C)c1O[Si](C)(C)C. The van der Waals surface area contributed by atoms with Crippen LogP contribution < -0.4 is 4.43 Å². The van der Waals surface area contributed by atoms with Crippen molar-refractivity contribution in [2.45, 2.75) is 38.4 Å². The Morgan fingerprint density at radius 1 is 1.24 bits per heavy atom. The van der Waals surface area contributed by atoms with E-state index < -0.39 is 24.1 Å². The Labute approximate surface area is 127 Å². The van der Waals surface area contributed by atoms with E-state index >= 15 is 0 Å². The molecule has 0 fully saturated rings. The first kappa shape index (κ1) is 17.7. The first-order valence-electron chi connectivity index (χ1n) is 6.67. The highest BCUT2D eigenvalue weighted by Gasteiger charge is 2.26. The third-order valence-electron chi connectivity index (χ3n) is 2.66. The highest BCUT2D eigenvalue weighted by Crippen LogP contribution is 2.32. The standard InChI is InChI=1S/C14H22O5SSi/c1-7-18-14(15)11-8-9-12(20(3,16)17)10(2)13(11)19-21(4,5)6/h8-9H,7H2,1-6H3. The van der Waals surface area contributed by atoms with Crippen LogP contribution >= 0.6 is 0 Å². The number of carbonyl (C=O) groups is 1. The Morgan fingerprint density at radius 3 is 2.24 bits per heavy atom. The van der Waals surface area contributed by atoms with Crippen molar-refractivity contribution in [1.29, 1.82) is 0 Å². The monoisotopic (exact) mass is 330 g/mol. The van der Waals surface area contributed by atoms with E-state index in [1.807, 2.05) is 19.6 Å². The Hall–Kier alpha value is -1.34. The molecule has 0 aliphatic heterocycles. The lowest BCUT2D eigenvalue weighted by atomic mass is 10.1. The largest absolute Gasteiger partial charge is 0.544 e. The summed E-state index contributed by atoms with van der Waals surface area (Å²) in [6, 6.07) is 2.88. The maximum absolute atomic E-state index is 12.0. The second-order valence-corrected chi connectivity index (χ2v) is 12.2. The van der Waals surface area contributed by atoms with Gasteiger partial charge in [-0.15, -0.1) is 0 Å². The molecule has 0 amide bonds. The van der Waals surface area contributed by atoms with Crippen molar-refractivity contribution in [3.63, 3.8) is 0 Å². The molecular weight excluding hydrogens is 308 g/mol. The molecule has 0 aliphatic rings. The molecule has 1 aromatic rings. The summed E-state index contributed by atoms with van der Waals surface area (Å²) < 4.78 is 34.6. The number of carbonyl (C=O) groups excluding carboxylic acids is 1. The molecule has 0 unspecified atom stereocenters. The van der Waals surface area contributed by atoms with Crippen LogP contribution in [-0.4, -0.2) is 35.6 Å². The second kappa shape index (κ2) is 6.19. The van der Waals surface area contributed by atoms with Gasteiger partial charge in [0, 0.05) is 11.8 Å². The van der Waals surface area contributed by atoms with Gasteiger partial charge in [-0.1, -0.05) is 0 Å². The number of rotatable bonds is 5. The lowest BCUT2D eigenvalue weighted by molar-refractivity contribution is 0.0524. The molecule has 0 saturated heterocycles. The molecule has 0 atom stereocenters. The number of benzene rings is 1. The molecular formula is C14H22O5SSi. The van der Waals surface area contributed by atoms with Gasteiger partial charge in [0.2, 0.25) is 8.32 Å². The van der Waals surface area contributed by atoms with Gasteiger partial charge in [-0.05, 0) is 45.6 Å². The number of sulfone groups is 1. The van der Waals surface area contributed by atoms with E-state index in [1.54, 1.807) is 13.8 Å². The summed E-state index contributed by atoms with van der Waals surface area (Å²) in [4.78, 5) is 12.2. The Balaban J connectivity index is 3.53. The van der Waals surface area contributed by atoms with Gasteiger partial charge in [-0.3, -0.25) is 0 Å². The summed E-state index contributed by atoms with van der Waals surface area (Å²) in [7, 11) is -5.40. The Kier molecular flexibility index (Phi) is 5.22. The molecule has 0 saturated carbocycles. The van der Waals surface area contributed by atoms with E-state index in [1.165, 1.54) is 12.1 Å². The number of esters is 1. The first-order chi connectivity index (χ1) is 9.47. The summed E-state index contributed by atoms with van der Waals surface area (Å²) in [6.07, 6.45) is 1.14. The predicted molar refractivity (Wildman–Crippen MR) is 84.2 cm³/mol. The summed E-state index contributed by atoms with van der Waals surface area (Å²) in [5, 5.41) is 0. The van der Waals surface area contributed by atoms with Crippen LogP contribution in [0.2, 0.25) is 19.6 Å². The van der Waals surface area contributed by atoms with Crippen LogP contribution in [0.1, 0.15) is 22.8 Å². The summed E-state index contributed by atoms with van der Waals surface area (Å²) in [6.45, 7) is 9.51. The maximum atomic E-state index is 12.0. The summed E-state index contributed by atoms with van der Waals surface area (Å²) >= 11 is 0. The normalized spacial score (nSPS) is 12.1. The average molecular weight is 330 g/mol. The molecule has 1 rings (SSSR count). The van der Waals surface area contributed by atoms with Crippen molar-refractivity contribution in [2.75, 3.05) is 12.9 Å². The Bertz CT molecular complexity index is 644. The molecule has 0 aromatic heterocycles. The van der Waals surface area contributed by atoms with Crippen LogP contribution in [0.5, 0.6) is 5.75 Å². The fourth-order valence-electron chi connectivity index (χ4n) is 1.88. The van der Waals surface area contributed by atoms with E-state index in [-0.39, 0.29) is 17.1 Å². The zero-order valence-corrected chi connectivity index (χ0v) is 15.1. The minimum Gasteiger partial charge on any atom is -0.544 e. The summed E-state index contributed by atoms with van der Waals surface area (Å²) in [5.41, 5.74) is 0.717. The fourth-order valence-corrected chi connectivity index (χ4v) is 3.72. The molecule has 0 radical (unpaired) electrons. The molecule has 7 heteroatoms. The van der Waals surface area contributed by atoms with Crippen LogP contribution in [-0.2, 0) is 14.6 Å². The summed E-state index contributed by atoms with van der Waals surface area (Å²) in [5.74, 6) is -0.190. The van der Waals surface area contributed by atoms with Crippen LogP contribution in [0.15, 0.2) is 17.0 Å². The van der Waals surface area contributed by atoms with Crippen molar-refractivity contribution in [1.82, 2.24) is 0 Å². The number of hydrogen-bond donors (Lipinski definition) is 0. The number of hydrogen-bond acceptors (Lipinski definition) is 5. The average Bonchev–Trinajstić information content (AvgIpc) is 2.28. The van der Waals surface area contributed by atoms with Crippen molar-refractivity contribution in [3.8, 4) is 5.75 Å². The first-order valence-corrected chi connectivity index (χ1v) is 12.0. The van der Waals surface area contributed by atoms with Gasteiger partial charge in [0.25, 0.3) is 0 Å². The predicted octanol–water partition coefficient (Wildman–Crippen LogP) is 2.79. The quantitative estimate of drug-likeness (QED) is 0.613. The molecule has 0 aliphatic carbocycles. The molecule has 0 bridgehead atoms. The van der Waals surface area contributed by atoms with Gasteiger partial charge in [-0.2, -0.15) is 0 Å². The highest BCUT2D eigenvalue weighted by molar-refractivity contribution is 7.90.